The van der Waals surface area contributed by atoms with Gasteiger partial charge in [-0.3, -0.25) is 14.2 Å². The zero-order valence-electron chi connectivity index (χ0n) is 18.5. The zero-order chi connectivity index (χ0) is 23.7. The fourth-order valence-electron chi connectivity index (χ4n) is 3.90. The minimum absolute atomic E-state index is 0.103. The molecule has 3 aromatic carbocycles. The van der Waals surface area contributed by atoms with Gasteiger partial charge in [-0.15, -0.1) is 0 Å². The van der Waals surface area contributed by atoms with Gasteiger partial charge in [0.25, 0.3) is 11.5 Å². The number of hydrogen-bond donors (Lipinski definition) is 0. The van der Waals surface area contributed by atoms with Crippen molar-refractivity contribution in [2.45, 2.75) is 26.8 Å². The maximum Gasteiger partial charge on any atom is 0.266 e. The molecule has 0 saturated heterocycles. The van der Waals surface area contributed by atoms with Crippen LogP contribution in [0.1, 0.15) is 41.6 Å². The average molecular weight is 464 g/mol. The SMILES string of the molecule is CCN(C(=O)c1ccc(C)cc1)C(C)c1nc2ccccc2c(=O)n1-c1ccc(F)c(Cl)c1. The fourth-order valence-corrected chi connectivity index (χ4v) is 4.07. The van der Waals surface area contributed by atoms with E-state index in [9.17, 15) is 14.0 Å². The van der Waals surface area contributed by atoms with Crippen LogP contribution in [0.3, 0.4) is 0 Å². The third-order valence-corrected chi connectivity index (χ3v) is 5.99. The summed E-state index contributed by atoms with van der Waals surface area (Å²) in [6, 6.07) is 17.9. The first-order chi connectivity index (χ1) is 15.8. The normalized spacial score (nSPS) is 12.0. The van der Waals surface area contributed by atoms with Crippen LogP contribution in [0.5, 0.6) is 0 Å². The summed E-state index contributed by atoms with van der Waals surface area (Å²) in [4.78, 5) is 33.3. The molecule has 1 amide bonds. The highest BCUT2D eigenvalue weighted by Crippen LogP contribution is 2.26. The van der Waals surface area contributed by atoms with Crippen LogP contribution in [-0.4, -0.2) is 26.9 Å². The van der Waals surface area contributed by atoms with Crippen molar-refractivity contribution in [1.29, 1.82) is 0 Å². The third kappa shape index (κ3) is 4.26. The van der Waals surface area contributed by atoms with Crippen molar-refractivity contribution in [2.75, 3.05) is 6.54 Å². The Bertz CT molecular complexity index is 1400. The van der Waals surface area contributed by atoms with Crippen LogP contribution in [0.4, 0.5) is 4.39 Å². The van der Waals surface area contributed by atoms with Crippen molar-refractivity contribution in [2.24, 2.45) is 0 Å². The topological polar surface area (TPSA) is 55.2 Å². The molecule has 0 aliphatic carbocycles. The molecule has 1 aromatic heterocycles. The first kappa shape index (κ1) is 22.7. The molecule has 7 heteroatoms. The van der Waals surface area contributed by atoms with Gasteiger partial charge in [0.1, 0.15) is 11.6 Å². The van der Waals surface area contributed by atoms with Crippen molar-refractivity contribution in [3.8, 4) is 5.69 Å². The zero-order valence-corrected chi connectivity index (χ0v) is 19.3. The van der Waals surface area contributed by atoms with E-state index in [0.717, 1.165) is 5.56 Å². The molecule has 4 rings (SSSR count). The van der Waals surface area contributed by atoms with E-state index in [1.807, 2.05) is 32.9 Å². The lowest BCUT2D eigenvalue weighted by molar-refractivity contribution is 0.0693. The molecule has 1 heterocycles. The van der Waals surface area contributed by atoms with E-state index < -0.39 is 11.9 Å². The van der Waals surface area contributed by atoms with Crippen molar-refractivity contribution in [3.63, 3.8) is 0 Å². The fraction of sp³-hybridized carbons (Fsp3) is 0.192. The van der Waals surface area contributed by atoms with E-state index in [1.165, 1.54) is 22.8 Å². The molecule has 0 bridgehead atoms. The second-order valence-electron chi connectivity index (χ2n) is 7.86. The van der Waals surface area contributed by atoms with E-state index in [-0.39, 0.29) is 16.5 Å². The number of aryl methyl sites for hydroxylation is 1. The quantitative estimate of drug-likeness (QED) is 0.381. The number of para-hydroxylation sites is 1. The number of nitrogens with zero attached hydrogens (tertiary/aromatic N) is 3. The maximum absolute atomic E-state index is 13.8. The summed E-state index contributed by atoms with van der Waals surface area (Å²) in [5.74, 6) is -0.388. The van der Waals surface area contributed by atoms with Gasteiger partial charge in [0, 0.05) is 12.1 Å². The van der Waals surface area contributed by atoms with Gasteiger partial charge in [0.05, 0.1) is 27.7 Å². The molecule has 0 aliphatic heterocycles. The molecular weight excluding hydrogens is 441 g/mol. The van der Waals surface area contributed by atoms with Crippen molar-refractivity contribution in [1.82, 2.24) is 14.5 Å². The Hall–Kier alpha value is -3.51. The number of amides is 1. The van der Waals surface area contributed by atoms with Crippen LogP contribution in [0.25, 0.3) is 16.6 Å². The number of hydrogen-bond acceptors (Lipinski definition) is 3. The van der Waals surface area contributed by atoms with Gasteiger partial charge in [-0.25, -0.2) is 9.37 Å². The Morgan fingerprint density at radius 3 is 2.48 bits per heavy atom. The standard InChI is InChI=1S/C26H23ClFN3O2/c1-4-30(25(32)18-11-9-16(2)10-12-18)17(3)24-29-23-8-6-5-7-20(23)26(33)31(24)19-13-14-22(28)21(27)15-19/h5-15,17H,4H2,1-3H3. The molecule has 168 valence electrons. The van der Waals surface area contributed by atoms with Gasteiger partial charge in [-0.2, -0.15) is 0 Å². The highest BCUT2D eigenvalue weighted by Gasteiger charge is 2.26. The van der Waals surface area contributed by atoms with Gasteiger partial charge in [0.2, 0.25) is 0 Å². The summed E-state index contributed by atoms with van der Waals surface area (Å²) in [6.45, 7) is 6.06. The number of benzene rings is 3. The van der Waals surface area contributed by atoms with Gasteiger partial charge in [-0.05, 0) is 63.2 Å². The Balaban J connectivity index is 1.91. The van der Waals surface area contributed by atoms with E-state index >= 15 is 0 Å². The van der Waals surface area contributed by atoms with E-state index in [1.54, 1.807) is 41.3 Å². The summed E-state index contributed by atoms with van der Waals surface area (Å²) >= 11 is 6.02. The van der Waals surface area contributed by atoms with Gasteiger partial charge in [0.15, 0.2) is 0 Å². The molecule has 0 N–H and O–H groups in total. The number of halogens is 2. The summed E-state index contributed by atoms with van der Waals surface area (Å²) in [5, 5.41) is 0.316. The molecular formula is C26H23ClFN3O2. The second kappa shape index (κ2) is 9.16. The first-order valence-electron chi connectivity index (χ1n) is 10.7. The monoisotopic (exact) mass is 463 g/mol. The largest absolute Gasteiger partial charge is 0.329 e. The van der Waals surface area contributed by atoms with Gasteiger partial charge >= 0.3 is 0 Å². The summed E-state index contributed by atoms with van der Waals surface area (Å²) in [7, 11) is 0. The lowest BCUT2D eigenvalue weighted by Crippen LogP contribution is -2.37. The summed E-state index contributed by atoms with van der Waals surface area (Å²) < 4.78 is 15.3. The van der Waals surface area contributed by atoms with Crippen molar-refractivity contribution in [3.05, 3.63) is 105 Å². The third-order valence-electron chi connectivity index (χ3n) is 5.70. The Labute approximate surface area is 196 Å². The lowest BCUT2D eigenvalue weighted by atomic mass is 10.1. The number of aromatic nitrogens is 2. The number of rotatable bonds is 5. The van der Waals surface area contributed by atoms with Crippen molar-refractivity contribution >= 4 is 28.4 Å². The molecule has 1 unspecified atom stereocenters. The van der Waals surface area contributed by atoms with Crippen LogP contribution < -0.4 is 5.56 Å². The molecule has 0 fully saturated rings. The molecule has 0 spiro atoms. The Morgan fingerprint density at radius 1 is 1.12 bits per heavy atom. The van der Waals surface area contributed by atoms with Gasteiger partial charge in [-0.1, -0.05) is 41.4 Å². The van der Waals surface area contributed by atoms with Crippen LogP contribution >= 0.6 is 11.6 Å². The summed E-state index contributed by atoms with van der Waals surface area (Å²) in [5.41, 5.74) is 2.19. The van der Waals surface area contributed by atoms with E-state index in [4.69, 9.17) is 16.6 Å². The molecule has 0 aliphatic rings. The van der Waals surface area contributed by atoms with Crippen LogP contribution in [0.15, 0.2) is 71.5 Å². The molecule has 5 nitrogen and oxygen atoms in total. The highest BCUT2D eigenvalue weighted by molar-refractivity contribution is 6.30. The smallest absolute Gasteiger partial charge is 0.266 e. The number of fused-ring (bicyclic) bond motifs is 1. The second-order valence-corrected chi connectivity index (χ2v) is 8.27. The highest BCUT2D eigenvalue weighted by atomic mass is 35.5. The molecule has 0 radical (unpaired) electrons. The van der Waals surface area contributed by atoms with Gasteiger partial charge < -0.3 is 4.90 Å². The van der Waals surface area contributed by atoms with Crippen LogP contribution in [0, 0.1) is 12.7 Å². The lowest BCUT2D eigenvalue weighted by Gasteiger charge is -2.29. The minimum Gasteiger partial charge on any atom is -0.329 e. The first-order valence-corrected chi connectivity index (χ1v) is 11.0. The number of carbonyl (C=O) groups excluding carboxylic acids is 1. The Kier molecular flexibility index (Phi) is 6.29. The minimum atomic E-state index is -0.582. The summed E-state index contributed by atoms with van der Waals surface area (Å²) in [6.07, 6.45) is 0. The van der Waals surface area contributed by atoms with Crippen molar-refractivity contribution < 1.29 is 9.18 Å². The average Bonchev–Trinajstić information content (AvgIpc) is 2.81. The van der Waals surface area contributed by atoms with E-state index in [0.29, 0.717) is 34.5 Å². The van der Waals surface area contributed by atoms with Crippen LogP contribution in [-0.2, 0) is 0 Å². The predicted octanol–water partition coefficient (Wildman–Crippen LogP) is 5.71. The molecule has 0 saturated carbocycles. The van der Waals surface area contributed by atoms with Crippen LogP contribution in [0.2, 0.25) is 5.02 Å². The maximum atomic E-state index is 13.8. The Morgan fingerprint density at radius 2 is 1.82 bits per heavy atom. The van der Waals surface area contributed by atoms with E-state index in [2.05, 4.69) is 0 Å². The molecule has 33 heavy (non-hydrogen) atoms. The number of carbonyl (C=O) groups is 1. The molecule has 1 atom stereocenters. The molecule has 4 aromatic rings. The predicted molar refractivity (Wildman–Crippen MR) is 129 cm³/mol.